The Balaban J connectivity index is 1.55. The highest BCUT2D eigenvalue weighted by Crippen LogP contribution is 2.16. The summed E-state index contributed by atoms with van der Waals surface area (Å²) in [6.45, 7) is 8.49. The number of hydrogen-bond acceptors (Lipinski definition) is 6. The second-order valence-corrected chi connectivity index (χ2v) is 9.35. The summed E-state index contributed by atoms with van der Waals surface area (Å²) in [5.74, 6) is 0.516. The van der Waals surface area contributed by atoms with E-state index in [2.05, 4.69) is 27.1 Å². The zero-order valence-corrected chi connectivity index (χ0v) is 20.5. The number of piperazine rings is 1. The van der Waals surface area contributed by atoms with Crippen molar-refractivity contribution in [3.63, 3.8) is 0 Å². The van der Waals surface area contributed by atoms with E-state index in [1.54, 1.807) is 0 Å². The topological polar surface area (TPSA) is 94.6 Å². The average molecular weight is 484 g/mol. The van der Waals surface area contributed by atoms with E-state index in [0.29, 0.717) is 45.6 Å². The van der Waals surface area contributed by atoms with Crippen LogP contribution >= 0.6 is 11.3 Å². The van der Waals surface area contributed by atoms with Crippen LogP contribution in [0.2, 0.25) is 0 Å². The number of amides is 3. The van der Waals surface area contributed by atoms with E-state index in [9.17, 15) is 14.4 Å². The fourth-order valence-corrected chi connectivity index (χ4v) is 4.62. The number of nitrogens with one attached hydrogen (secondary N) is 2. The van der Waals surface area contributed by atoms with Crippen molar-refractivity contribution >= 4 is 34.9 Å². The van der Waals surface area contributed by atoms with Crippen LogP contribution in [0.5, 0.6) is 0 Å². The van der Waals surface area contributed by atoms with Crippen LogP contribution in [0.4, 0.5) is 5.82 Å². The summed E-state index contributed by atoms with van der Waals surface area (Å²) in [5, 5.41) is 7.64. The molecule has 0 spiro atoms. The smallest absolute Gasteiger partial charge is 0.245 e. The molecule has 0 aromatic carbocycles. The number of thiophene rings is 1. The average Bonchev–Trinajstić information content (AvgIpc) is 3.35. The first-order valence-corrected chi connectivity index (χ1v) is 12.5. The molecule has 8 nitrogen and oxygen atoms in total. The first-order valence-electron chi connectivity index (χ1n) is 11.7. The van der Waals surface area contributed by atoms with Crippen molar-refractivity contribution in [2.45, 2.75) is 38.6 Å². The Labute approximate surface area is 205 Å². The van der Waals surface area contributed by atoms with Gasteiger partial charge in [-0.2, -0.15) is 0 Å². The summed E-state index contributed by atoms with van der Waals surface area (Å²) < 4.78 is 0. The van der Waals surface area contributed by atoms with Gasteiger partial charge in [-0.25, -0.2) is 4.98 Å². The van der Waals surface area contributed by atoms with E-state index in [4.69, 9.17) is 0 Å². The van der Waals surface area contributed by atoms with Gasteiger partial charge in [0.2, 0.25) is 17.7 Å². The van der Waals surface area contributed by atoms with Crippen LogP contribution in [0, 0.1) is 6.92 Å². The van der Waals surface area contributed by atoms with Crippen LogP contribution in [0.15, 0.2) is 48.4 Å². The van der Waals surface area contributed by atoms with Crippen LogP contribution in [0.3, 0.4) is 0 Å². The Morgan fingerprint density at radius 2 is 1.94 bits per heavy atom. The molecule has 3 rings (SSSR count). The van der Waals surface area contributed by atoms with Crippen molar-refractivity contribution in [2.24, 2.45) is 0 Å². The predicted molar refractivity (Wildman–Crippen MR) is 135 cm³/mol. The van der Waals surface area contributed by atoms with Crippen LogP contribution in [-0.2, 0) is 20.8 Å². The number of aryl methyl sites for hydroxylation is 1. The molecule has 1 aliphatic heterocycles. The van der Waals surface area contributed by atoms with Crippen molar-refractivity contribution in [1.29, 1.82) is 0 Å². The maximum Gasteiger partial charge on any atom is 0.245 e. The SMILES string of the molecule is C=CC(=O)NCCCC[C@H](NC(=O)Cc1cccs1)C(=O)N1CCN(c2cccc(C)n2)CC1. The molecule has 0 radical (unpaired) electrons. The highest BCUT2D eigenvalue weighted by Gasteiger charge is 2.29. The van der Waals surface area contributed by atoms with E-state index in [0.717, 1.165) is 22.8 Å². The highest BCUT2D eigenvalue weighted by molar-refractivity contribution is 7.10. The third-order valence-corrected chi connectivity index (χ3v) is 6.62. The van der Waals surface area contributed by atoms with Gasteiger partial charge in [-0.3, -0.25) is 14.4 Å². The third kappa shape index (κ3) is 7.69. The second-order valence-electron chi connectivity index (χ2n) is 8.32. The van der Waals surface area contributed by atoms with Gasteiger partial charge >= 0.3 is 0 Å². The molecule has 1 fully saturated rings. The molecule has 0 aliphatic carbocycles. The zero-order chi connectivity index (χ0) is 24.3. The number of rotatable bonds is 11. The number of hydrogen-bond donors (Lipinski definition) is 2. The molecule has 2 aromatic heterocycles. The summed E-state index contributed by atoms with van der Waals surface area (Å²) >= 11 is 1.53. The van der Waals surface area contributed by atoms with Crippen LogP contribution in [0.25, 0.3) is 0 Å². The summed E-state index contributed by atoms with van der Waals surface area (Å²) in [4.78, 5) is 46.9. The number of carbonyl (C=O) groups excluding carboxylic acids is 3. The Bertz CT molecular complexity index is 971. The van der Waals surface area contributed by atoms with E-state index in [-0.39, 0.29) is 24.1 Å². The van der Waals surface area contributed by atoms with E-state index < -0.39 is 6.04 Å². The van der Waals surface area contributed by atoms with E-state index in [1.807, 2.05) is 47.5 Å². The molecule has 0 unspecified atom stereocenters. The van der Waals surface area contributed by atoms with Gasteiger partial charge < -0.3 is 20.4 Å². The molecule has 2 aromatic rings. The predicted octanol–water partition coefficient (Wildman–Crippen LogP) is 2.30. The maximum absolute atomic E-state index is 13.3. The van der Waals surface area contributed by atoms with Gasteiger partial charge in [0, 0.05) is 43.3 Å². The first-order chi connectivity index (χ1) is 16.5. The molecule has 2 N–H and O–H groups in total. The third-order valence-electron chi connectivity index (χ3n) is 5.74. The molecule has 9 heteroatoms. The van der Waals surface area contributed by atoms with Crippen molar-refractivity contribution in [3.8, 4) is 0 Å². The lowest BCUT2D eigenvalue weighted by molar-refractivity contribution is -0.136. The van der Waals surface area contributed by atoms with Gasteiger partial charge in [0.15, 0.2) is 0 Å². The lowest BCUT2D eigenvalue weighted by Gasteiger charge is -2.37. The van der Waals surface area contributed by atoms with Crippen LogP contribution < -0.4 is 15.5 Å². The summed E-state index contributed by atoms with van der Waals surface area (Å²) in [6, 6.07) is 9.20. The maximum atomic E-state index is 13.3. The monoisotopic (exact) mass is 483 g/mol. The largest absolute Gasteiger partial charge is 0.353 e. The van der Waals surface area contributed by atoms with Crippen molar-refractivity contribution in [2.75, 3.05) is 37.6 Å². The fourth-order valence-electron chi connectivity index (χ4n) is 3.91. The Kier molecular flexibility index (Phi) is 9.63. The normalized spacial score (nSPS) is 14.4. The Morgan fingerprint density at radius 3 is 2.62 bits per heavy atom. The lowest BCUT2D eigenvalue weighted by Crippen LogP contribution is -2.55. The molecule has 34 heavy (non-hydrogen) atoms. The quantitative estimate of drug-likeness (QED) is 0.378. The van der Waals surface area contributed by atoms with Crippen molar-refractivity contribution < 1.29 is 14.4 Å². The minimum atomic E-state index is -0.578. The molecule has 182 valence electrons. The van der Waals surface area contributed by atoms with Crippen LogP contribution in [-0.4, -0.2) is 66.4 Å². The number of carbonyl (C=O) groups is 3. The van der Waals surface area contributed by atoms with Gasteiger partial charge in [-0.05, 0) is 55.8 Å². The van der Waals surface area contributed by atoms with Gasteiger partial charge in [0.25, 0.3) is 0 Å². The van der Waals surface area contributed by atoms with Gasteiger partial charge in [-0.15, -0.1) is 11.3 Å². The molecule has 1 aliphatic rings. The van der Waals surface area contributed by atoms with Gasteiger partial charge in [-0.1, -0.05) is 18.7 Å². The summed E-state index contributed by atoms with van der Waals surface area (Å²) in [7, 11) is 0. The standard InChI is InChI=1S/C25H33N5O3S/c1-3-23(31)26-12-5-4-10-21(28-24(32)18-20-9-7-17-34-20)25(33)30-15-13-29(14-16-30)22-11-6-8-19(2)27-22/h3,6-9,11,17,21H,1,4-5,10,12-16,18H2,2H3,(H,26,31)(H,28,32)/t21-/m0/s1. The molecule has 0 bridgehead atoms. The number of aromatic nitrogens is 1. The minimum absolute atomic E-state index is 0.0495. The highest BCUT2D eigenvalue weighted by atomic mass is 32.1. The number of unbranched alkanes of at least 4 members (excludes halogenated alkanes) is 1. The molecular weight excluding hydrogens is 450 g/mol. The molecule has 1 atom stereocenters. The number of nitrogens with zero attached hydrogens (tertiary/aromatic N) is 3. The fraction of sp³-hybridized carbons (Fsp3) is 0.440. The molecule has 1 saturated heterocycles. The number of anilines is 1. The molecule has 0 saturated carbocycles. The Hall–Kier alpha value is -3.20. The summed E-state index contributed by atoms with van der Waals surface area (Å²) in [5.41, 5.74) is 0.966. The van der Waals surface area contributed by atoms with Crippen molar-refractivity contribution in [1.82, 2.24) is 20.5 Å². The molecule has 3 amide bonds. The van der Waals surface area contributed by atoms with Crippen LogP contribution in [0.1, 0.15) is 29.8 Å². The van der Waals surface area contributed by atoms with E-state index in [1.165, 1.54) is 17.4 Å². The van der Waals surface area contributed by atoms with E-state index >= 15 is 0 Å². The van der Waals surface area contributed by atoms with Crippen molar-refractivity contribution in [3.05, 3.63) is 58.9 Å². The second kappa shape index (κ2) is 12.9. The molecule has 3 heterocycles. The Morgan fingerprint density at radius 1 is 1.15 bits per heavy atom. The minimum Gasteiger partial charge on any atom is -0.353 e. The number of pyridine rings is 1. The first kappa shape index (κ1) is 25.4. The zero-order valence-electron chi connectivity index (χ0n) is 19.7. The van der Waals surface area contributed by atoms with Gasteiger partial charge in [0.1, 0.15) is 11.9 Å². The van der Waals surface area contributed by atoms with Gasteiger partial charge in [0.05, 0.1) is 6.42 Å². The molecular formula is C25H33N5O3S. The lowest BCUT2D eigenvalue weighted by atomic mass is 10.1. The summed E-state index contributed by atoms with van der Waals surface area (Å²) in [6.07, 6.45) is 3.46.